The number of nitrogens with two attached hydrogens (primary N) is 1. The van der Waals surface area contributed by atoms with E-state index in [0.717, 1.165) is 28.0 Å². The Bertz CT molecular complexity index is 594. The molecule has 0 saturated carbocycles. The van der Waals surface area contributed by atoms with Crippen LogP contribution in [0.15, 0.2) is 18.3 Å². The third kappa shape index (κ3) is 2.01. The van der Waals surface area contributed by atoms with Crippen LogP contribution in [0.2, 0.25) is 0 Å². The maximum Gasteiger partial charge on any atom is 0.161 e. The summed E-state index contributed by atoms with van der Waals surface area (Å²) in [5, 5.41) is 0. The van der Waals surface area contributed by atoms with E-state index in [1.807, 2.05) is 26.8 Å². The first-order valence-corrected chi connectivity index (χ1v) is 5.78. The summed E-state index contributed by atoms with van der Waals surface area (Å²) in [5.74, 6) is 2.05. The number of anilines is 1. The van der Waals surface area contributed by atoms with E-state index in [4.69, 9.17) is 10.5 Å². The molecule has 2 rings (SSSR count). The molecule has 2 N–H and O–H groups in total. The van der Waals surface area contributed by atoms with E-state index in [1.165, 1.54) is 0 Å². The van der Waals surface area contributed by atoms with Gasteiger partial charge >= 0.3 is 0 Å². The normalized spacial score (nSPS) is 10.4. The number of nitrogens with zero attached hydrogens (tertiary/aromatic N) is 2. The number of aryl methyl sites for hydroxylation is 1. The topological polar surface area (TPSA) is 61.0 Å². The standard InChI is InChI=1S/C14H17N3O/c1-8-7-11(9(2)10(3)13(8)18-4)14-16-6-5-12(15)17-14/h5-7H,1-4H3,(H2,15,16,17). The number of benzene rings is 1. The van der Waals surface area contributed by atoms with Gasteiger partial charge in [0.15, 0.2) is 5.82 Å². The number of nitrogen functional groups attached to an aromatic ring is 1. The van der Waals surface area contributed by atoms with Crippen molar-refractivity contribution < 1.29 is 4.74 Å². The Labute approximate surface area is 107 Å². The second kappa shape index (κ2) is 4.64. The van der Waals surface area contributed by atoms with Gasteiger partial charge in [0, 0.05) is 11.8 Å². The van der Waals surface area contributed by atoms with Crippen LogP contribution >= 0.6 is 0 Å². The average Bonchev–Trinajstić information content (AvgIpc) is 2.34. The lowest BCUT2D eigenvalue weighted by Gasteiger charge is -2.14. The molecule has 94 valence electrons. The summed E-state index contributed by atoms with van der Waals surface area (Å²) in [6.07, 6.45) is 1.67. The minimum absolute atomic E-state index is 0.477. The fourth-order valence-corrected chi connectivity index (χ4v) is 2.11. The fraction of sp³-hybridized carbons (Fsp3) is 0.286. The highest BCUT2D eigenvalue weighted by Gasteiger charge is 2.13. The molecule has 0 radical (unpaired) electrons. The van der Waals surface area contributed by atoms with Gasteiger partial charge in [-0.15, -0.1) is 0 Å². The highest BCUT2D eigenvalue weighted by molar-refractivity contribution is 5.67. The molecule has 0 atom stereocenters. The molecule has 4 nitrogen and oxygen atoms in total. The van der Waals surface area contributed by atoms with Crippen molar-refractivity contribution in [3.8, 4) is 17.1 Å². The minimum Gasteiger partial charge on any atom is -0.496 e. The Morgan fingerprint density at radius 2 is 1.89 bits per heavy atom. The first-order valence-electron chi connectivity index (χ1n) is 5.78. The maximum absolute atomic E-state index is 5.70. The SMILES string of the molecule is COc1c(C)cc(-c2nccc(N)n2)c(C)c1C. The summed E-state index contributed by atoms with van der Waals surface area (Å²) >= 11 is 0. The molecule has 1 heterocycles. The van der Waals surface area contributed by atoms with Crippen molar-refractivity contribution in [1.29, 1.82) is 0 Å². The summed E-state index contributed by atoms with van der Waals surface area (Å²) < 4.78 is 5.41. The number of hydrogen-bond donors (Lipinski definition) is 1. The largest absolute Gasteiger partial charge is 0.496 e. The zero-order chi connectivity index (χ0) is 13.3. The predicted molar refractivity (Wildman–Crippen MR) is 72.6 cm³/mol. The van der Waals surface area contributed by atoms with Gasteiger partial charge in [-0.3, -0.25) is 0 Å². The molecule has 1 aromatic carbocycles. The fourth-order valence-electron chi connectivity index (χ4n) is 2.11. The van der Waals surface area contributed by atoms with Crippen LogP contribution in [0.3, 0.4) is 0 Å². The van der Waals surface area contributed by atoms with Crippen LogP contribution in [0.5, 0.6) is 5.75 Å². The van der Waals surface area contributed by atoms with Crippen molar-refractivity contribution in [1.82, 2.24) is 9.97 Å². The third-order valence-corrected chi connectivity index (χ3v) is 3.15. The van der Waals surface area contributed by atoms with Gasteiger partial charge in [-0.25, -0.2) is 9.97 Å². The molecule has 0 fully saturated rings. The van der Waals surface area contributed by atoms with E-state index in [9.17, 15) is 0 Å². The molecule has 1 aromatic heterocycles. The second-order valence-corrected chi connectivity index (χ2v) is 4.33. The van der Waals surface area contributed by atoms with Gasteiger partial charge in [0.05, 0.1) is 7.11 Å². The van der Waals surface area contributed by atoms with Crippen molar-refractivity contribution in [2.75, 3.05) is 12.8 Å². The number of aromatic nitrogens is 2. The van der Waals surface area contributed by atoms with E-state index in [1.54, 1.807) is 19.4 Å². The molecular weight excluding hydrogens is 226 g/mol. The number of rotatable bonds is 2. The number of ether oxygens (including phenoxy) is 1. The third-order valence-electron chi connectivity index (χ3n) is 3.15. The van der Waals surface area contributed by atoms with Crippen LogP contribution in [0.25, 0.3) is 11.4 Å². The van der Waals surface area contributed by atoms with Crippen molar-refractivity contribution in [3.63, 3.8) is 0 Å². The predicted octanol–water partition coefficient (Wildman–Crippen LogP) is 2.66. The Hall–Kier alpha value is -2.10. The first-order chi connectivity index (χ1) is 8.54. The smallest absolute Gasteiger partial charge is 0.161 e. The number of methoxy groups -OCH3 is 1. The molecule has 0 saturated heterocycles. The molecule has 0 bridgehead atoms. The lowest BCUT2D eigenvalue weighted by Crippen LogP contribution is -2.00. The zero-order valence-electron chi connectivity index (χ0n) is 11.1. The first kappa shape index (κ1) is 12.4. The van der Waals surface area contributed by atoms with E-state index >= 15 is 0 Å². The summed E-state index contributed by atoms with van der Waals surface area (Å²) in [4.78, 5) is 8.54. The molecule has 0 spiro atoms. The molecule has 0 aliphatic carbocycles. The van der Waals surface area contributed by atoms with E-state index in [-0.39, 0.29) is 0 Å². The molecular formula is C14H17N3O. The van der Waals surface area contributed by atoms with Crippen LogP contribution in [0.4, 0.5) is 5.82 Å². The highest BCUT2D eigenvalue weighted by Crippen LogP contribution is 2.32. The molecule has 0 aliphatic heterocycles. The van der Waals surface area contributed by atoms with Crippen LogP contribution in [0, 0.1) is 20.8 Å². The van der Waals surface area contributed by atoms with Crippen molar-refractivity contribution >= 4 is 5.82 Å². The molecule has 18 heavy (non-hydrogen) atoms. The lowest BCUT2D eigenvalue weighted by atomic mass is 9.98. The summed E-state index contributed by atoms with van der Waals surface area (Å²) in [6.45, 7) is 6.09. The van der Waals surface area contributed by atoms with Crippen LogP contribution in [-0.4, -0.2) is 17.1 Å². The average molecular weight is 243 g/mol. The monoisotopic (exact) mass is 243 g/mol. The molecule has 0 aliphatic rings. The quantitative estimate of drug-likeness (QED) is 0.880. The van der Waals surface area contributed by atoms with Crippen LogP contribution < -0.4 is 10.5 Å². The van der Waals surface area contributed by atoms with Gasteiger partial charge in [0.25, 0.3) is 0 Å². The van der Waals surface area contributed by atoms with E-state index < -0.39 is 0 Å². The van der Waals surface area contributed by atoms with Crippen molar-refractivity contribution in [2.24, 2.45) is 0 Å². The summed E-state index contributed by atoms with van der Waals surface area (Å²) in [6, 6.07) is 3.72. The van der Waals surface area contributed by atoms with Gasteiger partial charge in [-0.2, -0.15) is 0 Å². The van der Waals surface area contributed by atoms with Gasteiger partial charge in [0.1, 0.15) is 11.6 Å². The van der Waals surface area contributed by atoms with Gasteiger partial charge in [0.2, 0.25) is 0 Å². The van der Waals surface area contributed by atoms with E-state index in [0.29, 0.717) is 11.6 Å². The molecule has 2 aromatic rings. The molecule has 0 amide bonds. The number of hydrogen-bond acceptors (Lipinski definition) is 4. The maximum atomic E-state index is 5.70. The molecule has 4 heteroatoms. The highest BCUT2D eigenvalue weighted by atomic mass is 16.5. The van der Waals surface area contributed by atoms with Gasteiger partial charge in [-0.1, -0.05) is 0 Å². The van der Waals surface area contributed by atoms with Gasteiger partial charge in [-0.05, 0) is 49.6 Å². The minimum atomic E-state index is 0.477. The van der Waals surface area contributed by atoms with Crippen LogP contribution in [0.1, 0.15) is 16.7 Å². The Morgan fingerprint density at radius 3 is 2.50 bits per heavy atom. The van der Waals surface area contributed by atoms with Gasteiger partial charge < -0.3 is 10.5 Å². The van der Waals surface area contributed by atoms with Crippen molar-refractivity contribution in [3.05, 3.63) is 35.0 Å². The van der Waals surface area contributed by atoms with Crippen LogP contribution in [-0.2, 0) is 0 Å². The lowest BCUT2D eigenvalue weighted by molar-refractivity contribution is 0.408. The Morgan fingerprint density at radius 1 is 1.17 bits per heavy atom. The van der Waals surface area contributed by atoms with Crippen molar-refractivity contribution in [2.45, 2.75) is 20.8 Å². The summed E-state index contributed by atoms with van der Waals surface area (Å²) in [7, 11) is 1.69. The Balaban J connectivity index is 2.66. The second-order valence-electron chi connectivity index (χ2n) is 4.33. The Kier molecular flexibility index (Phi) is 3.19. The van der Waals surface area contributed by atoms with E-state index in [2.05, 4.69) is 9.97 Å². The summed E-state index contributed by atoms with van der Waals surface area (Å²) in [5.41, 5.74) is 10.00. The molecule has 0 unspecified atom stereocenters. The zero-order valence-corrected chi connectivity index (χ0v) is 11.1.